The predicted octanol–water partition coefficient (Wildman–Crippen LogP) is 5.67. The van der Waals surface area contributed by atoms with Crippen LogP contribution in [0.2, 0.25) is 10.2 Å². The number of hydrogen-bond acceptors (Lipinski definition) is 5. The maximum Gasteiger partial charge on any atom is 0.218 e. The van der Waals surface area contributed by atoms with Crippen LogP contribution in [-0.2, 0) is 9.84 Å². The van der Waals surface area contributed by atoms with Crippen LogP contribution in [0.1, 0.15) is 19.8 Å². The highest BCUT2D eigenvalue weighted by molar-refractivity contribution is 7.93. The minimum atomic E-state index is -3.69. The average molecular weight is 441 g/mol. The molecule has 27 heavy (non-hydrogen) atoms. The van der Waals surface area contributed by atoms with Gasteiger partial charge in [-0.2, -0.15) is 0 Å². The number of benzene rings is 1. The normalized spacial score (nSPS) is 16.2. The number of nitrogens with zero attached hydrogens (tertiary/aromatic N) is 2. The molecule has 1 aromatic carbocycles. The summed E-state index contributed by atoms with van der Waals surface area (Å²) in [4.78, 5) is 7.41. The van der Waals surface area contributed by atoms with Crippen LogP contribution in [0.15, 0.2) is 45.5 Å². The van der Waals surface area contributed by atoms with E-state index in [0.717, 1.165) is 37.0 Å². The summed E-state index contributed by atoms with van der Waals surface area (Å²) in [6, 6.07) is 9.87. The van der Waals surface area contributed by atoms with E-state index in [0.29, 0.717) is 25.1 Å². The predicted molar refractivity (Wildman–Crippen MR) is 112 cm³/mol. The SMILES string of the molecule is CC1CCN(c2c(S(=O)(=O)c3ccc(Cl)cc3)sc3nc(Cl)ccc23)CC1. The van der Waals surface area contributed by atoms with Gasteiger partial charge in [-0.15, -0.1) is 11.3 Å². The van der Waals surface area contributed by atoms with Crippen LogP contribution in [0.5, 0.6) is 0 Å². The Kier molecular flexibility index (Phi) is 5.10. The maximum atomic E-state index is 13.4. The van der Waals surface area contributed by atoms with Gasteiger partial charge in [0.1, 0.15) is 9.98 Å². The summed E-state index contributed by atoms with van der Waals surface area (Å²) >= 11 is 13.2. The molecule has 0 radical (unpaired) electrons. The molecular weight excluding hydrogens is 423 g/mol. The largest absolute Gasteiger partial charge is 0.369 e. The molecule has 0 atom stereocenters. The second kappa shape index (κ2) is 7.24. The molecule has 4 nitrogen and oxygen atoms in total. The number of thiophene rings is 1. The Morgan fingerprint density at radius 1 is 1.07 bits per heavy atom. The van der Waals surface area contributed by atoms with Gasteiger partial charge in [-0.05, 0) is 55.2 Å². The van der Waals surface area contributed by atoms with Crippen molar-refractivity contribution >= 4 is 60.3 Å². The van der Waals surface area contributed by atoms with Gasteiger partial charge in [-0.3, -0.25) is 0 Å². The molecule has 0 spiro atoms. The van der Waals surface area contributed by atoms with E-state index >= 15 is 0 Å². The highest BCUT2D eigenvalue weighted by Crippen LogP contribution is 2.44. The average Bonchev–Trinajstić information content (AvgIpc) is 3.02. The summed E-state index contributed by atoms with van der Waals surface area (Å²) in [6.07, 6.45) is 2.08. The number of fused-ring (bicyclic) bond motifs is 1. The van der Waals surface area contributed by atoms with Crippen LogP contribution >= 0.6 is 34.5 Å². The van der Waals surface area contributed by atoms with Gasteiger partial charge in [0.15, 0.2) is 4.21 Å². The second-order valence-electron chi connectivity index (χ2n) is 6.85. The van der Waals surface area contributed by atoms with Crippen molar-refractivity contribution in [3.63, 3.8) is 0 Å². The molecule has 1 fully saturated rings. The number of aromatic nitrogens is 1. The third-order valence-corrected chi connectivity index (χ3v) is 8.76. The quantitative estimate of drug-likeness (QED) is 0.492. The third-order valence-electron chi connectivity index (χ3n) is 4.93. The Labute approximate surface area is 172 Å². The number of halogens is 2. The van der Waals surface area contributed by atoms with E-state index in [9.17, 15) is 8.42 Å². The number of pyridine rings is 1. The van der Waals surface area contributed by atoms with Crippen molar-refractivity contribution < 1.29 is 8.42 Å². The molecule has 0 N–H and O–H groups in total. The zero-order valence-corrected chi connectivity index (χ0v) is 17.8. The second-order valence-corrected chi connectivity index (χ2v) is 10.8. The summed E-state index contributed by atoms with van der Waals surface area (Å²) < 4.78 is 27.1. The highest BCUT2D eigenvalue weighted by Gasteiger charge is 2.31. The van der Waals surface area contributed by atoms with Gasteiger partial charge in [-0.25, -0.2) is 13.4 Å². The van der Waals surface area contributed by atoms with Crippen LogP contribution in [0.3, 0.4) is 0 Å². The topological polar surface area (TPSA) is 50.3 Å². The Morgan fingerprint density at radius 3 is 2.41 bits per heavy atom. The van der Waals surface area contributed by atoms with Crippen molar-refractivity contribution in [1.29, 1.82) is 0 Å². The Bertz CT molecular complexity index is 1090. The zero-order valence-electron chi connectivity index (χ0n) is 14.7. The van der Waals surface area contributed by atoms with Crippen molar-refractivity contribution in [1.82, 2.24) is 4.98 Å². The first-order chi connectivity index (χ1) is 12.9. The van der Waals surface area contributed by atoms with Gasteiger partial charge in [-0.1, -0.05) is 30.1 Å². The van der Waals surface area contributed by atoms with Crippen LogP contribution in [-0.4, -0.2) is 26.5 Å². The lowest BCUT2D eigenvalue weighted by Gasteiger charge is -2.32. The fourth-order valence-corrected chi connectivity index (χ4v) is 6.78. The van der Waals surface area contributed by atoms with Gasteiger partial charge in [0, 0.05) is 23.5 Å². The Hall–Kier alpha value is -1.34. The molecule has 1 aliphatic heterocycles. The summed E-state index contributed by atoms with van der Waals surface area (Å²) in [5.74, 6) is 0.648. The van der Waals surface area contributed by atoms with Gasteiger partial charge < -0.3 is 4.90 Å². The van der Waals surface area contributed by atoms with Crippen molar-refractivity contribution in [3.8, 4) is 0 Å². The van der Waals surface area contributed by atoms with Gasteiger partial charge in [0.05, 0.1) is 10.6 Å². The number of anilines is 1. The summed E-state index contributed by atoms with van der Waals surface area (Å²) in [5, 5.41) is 1.70. The Balaban J connectivity index is 1.91. The minimum absolute atomic E-state index is 0.233. The third kappa shape index (κ3) is 3.56. The summed E-state index contributed by atoms with van der Waals surface area (Å²) in [5.41, 5.74) is 0.751. The molecule has 0 saturated carbocycles. The lowest BCUT2D eigenvalue weighted by atomic mass is 9.99. The molecule has 2 aromatic heterocycles. The molecule has 142 valence electrons. The van der Waals surface area contributed by atoms with E-state index in [1.807, 2.05) is 6.07 Å². The Morgan fingerprint density at radius 2 is 1.74 bits per heavy atom. The van der Waals surface area contributed by atoms with Crippen LogP contribution in [0.25, 0.3) is 10.2 Å². The molecular formula is C19H18Cl2N2O2S2. The van der Waals surface area contributed by atoms with Gasteiger partial charge in [0.25, 0.3) is 0 Å². The van der Waals surface area contributed by atoms with Crippen molar-refractivity contribution in [2.45, 2.75) is 28.9 Å². The van der Waals surface area contributed by atoms with E-state index in [2.05, 4.69) is 16.8 Å². The van der Waals surface area contributed by atoms with E-state index in [1.54, 1.807) is 30.3 Å². The van der Waals surface area contributed by atoms with Crippen LogP contribution in [0.4, 0.5) is 5.69 Å². The van der Waals surface area contributed by atoms with Gasteiger partial charge in [0.2, 0.25) is 9.84 Å². The molecule has 0 bridgehead atoms. The maximum absolute atomic E-state index is 13.4. The van der Waals surface area contributed by atoms with E-state index in [1.165, 1.54) is 11.3 Å². The molecule has 3 heterocycles. The first-order valence-electron chi connectivity index (χ1n) is 8.71. The van der Waals surface area contributed by atoms with E-state index in [-0.39, 0.29) is 4.90 Å². The molecule has 0 aliphatic carbocycles. The van der Waals surface area contributed by atoms with E-state index in [4.69, 9.17) is 23.2 Å². The van der Waals surface area contributed by atoms with Crippen molar-refractivity contribution in [3.05, 3.63) is 46.6 Å². The van der Waals surface area contributed by atoms with Crippen molar-refractivity contribution in [2.24, 2.45) is 5.92 Å². The molecule has 3 aromatic rings. The molecule has 4 rings (SSSR count). The zero-order chi connectivity index (χ0) is 19.2. The lowest BCUT2D eigenvalue weighted by Crippen LogP contribution is -2.33. The molecule has 1 saturated heterocycles. The number of sulfone groups is 1. The number of piperidine rings is 1. The molecule has 1 aliphatic rings. The first-order valence-corrected chi connectivity index (χ1v) is 11.8. The molecule has 8 heteroatoms. The highest BCUT2D eigenvalue weighted by atomic mass is 35.5. The lowest BCUT2D eigenvalue weighted by molar-refractivity contribution is 0.438. The van der Waals surface area contributed by atoms with E-state index < -0.39 is 9.84 Å². The smallest absolute Gasteiger partial charge is 0.218 e. The fraction of sp³-hybridized carbons (Fsp3) is 0.316. The van der Waals surface area contributed by atoms with Crippen LogP contribution < -0.4 is 4.90 Å². The summed E-state index contributed by atoms with van der Waals surface area (Å²) in [6.45, 7) is 3.90. The van der Waals surface area contributed by atoms with Crippen molar-refractivity contribution in [2.75, 3.05) is 18.0 Å². The fourth-order valence-electron chi connectivity index (χ4n) is 3.36. The monoisotopic (exact) mass is 440 g/mol. The number of rotatable bonds is 3. The standard InChI is InChI=1S/C19H18Cl2N2O2S2/c1-12-8-10-23(11-9-12)17-15-6-7-16(21)22-18(15)26-19(17)27(24,25)14-4-2-13(20)3-5-14/h2-7,12H,8-11H2,1H3. The first kappa shape index (κ1) is 19.0. The molecule has 0 amide bonds. The summed E-state index contributed by atoms with van der Waals surface area (Å²) in [7, 11) is -3.69. The van der Waals surface area contributed by atoms with Gasteiger partial charge >= 0.3 is 0 Å². The minimum Gasteiger partial charge on any atom is -0.369 e. The van der Waals surface area contributed by atoms with Crippen LogP contribution in [0, 0.1) is 5.92 Å². The molecule has 0 unspecified atom stereocenters. The number of hydrogen-bond donors (Lipinski definition) is 0.